The highest BCUT2D eigenvalue weighted by atomic mass is 79.9. The van der Waals surface area contributed by atoms with Gasteiger partial charge in [0.05, 0.1) is 5.33 Å². The molecule has 2 aliphatic rings. The average molecular weight is 1070 g/mol. The minimum atomic E-state index is -0.866. The van der Waals surface area contributed by atoms with E-state index in [4.69, 9.17) is 38.3 Å². The molecule has 3 unspecified atom stereocenters. The van der Waals surface area contributed by atoms with Crippen LogP contribution in [0.4, 0.5) is 31.1 Å². The van der Waals surface area contributed by atoms with Crippen LogP contribution in [-0.4, -0.2) is 109 Å². The van der Waals surface area contributed by atoms with Gasteiger partial charge >= 0.3 is 0 Å². The monoisotopic (exact) mass is 1070 g/mol. The Bertz CT molecular complexity index is 2490. The van der Waals surface area contributed by atoms with Crippen molar-refractivity contribution in [1.29, 1.82) is 0 Å². The quantitative estimate of drug-likeness (QED) is 0.0153. The number of amidine groups is 1. The number of nitrogen functional groups attached to an aromatic ring is 1. The fourth-order valence-electron chi connectivity index (χ4n) is 6.99. The summed E-state index contributed by atoms with van der Waals surface area (Å²) in [5.41, 5.74) is 14.4. The van der Waals surface area contributed by atoms with Crippen LogP contribution in [0.1, 0.15) is 65.1 Å². The molecule has 3 atom stereocenters. The number of hydrogen-bond acceptors (Lipinski definition) is 14. The SMILES string of the molecule is CCN1CCCC(Oc2ccc(NC(=S)N=C(N)SCP)cc2)C1.CCN1CCCC(Oc2ccc(Nc3nc(N)c(C(=O)c4ccc(O)c(F)c4)s3)cc2)C1.O=C(CBr)c1ccc(O)c(F)c1. The number of phenolic OH excluding ortho intramolecular Hbond substituents is 2. The number of carbonyl (C=O) groups is 2. The van der Waals surface area contributed by atoms with Crippen LogP contribution in [0.25, 0.3) is 0 Å². The van der Waals surface area contributed by atoms with E-state index in [0.717, 1.165) is 116 Å². The molecule has 2 saturated heterocycles. The zero-order valence-electron chi connectivity index (χ0n) is 37.6. The smallest absolute Gasteiger partial charge is 0.206 e. The summed E-state index contributed by atoms with van der Waals surface area (Å²) in [4.78, 5) is 37.0. The van der Waals surface area contributed by atoms with Crippen molar-refractivity contribution in [3.05, 3.63) is 113 Å². The fourth-order valence-corrected chi connectivity index (χ4v) is 9.29. The van der Waals surface area contributed by atoms with Crippen LogP contribution < -0.4 is 31.6 Å². The number of piperidine rings is 2. The highest BCUT2D eigenvalue weighted by molar-refractivity contribution is 9.09. The van der Waals surface area contributed by atoms with E-state index < -0.39 is 28.9 Å². The van der Waals surface area contributed by atoms with Gasteiger partial charge in [-0.1, -0.05) is 52.9 Å². The van der Waals surface area contributed by atoms with Crippen LogP contribution in [-0.2, 0) is 0 Å². The van der Waals surface area contributed by atoms with Crippen molar-refractivity contribution in [1.82, 2.24) is 14.8 Å². The number of thiocarbonyl (C=S) groups is 1. The topological polar surface area (TPSA) is 201 Å². The Morgan fingerprint density at radius 2 is 1.40 bits per heavy atom. The highest BCUT2D eigenvalue weighted by Gasteiger charge is 2.22. The second-order valence-electron chi connectivity index (χ2n) is 15.4. The Labute approximate surface area is 419 Å². The molecule has 0 radical (unpaired) electrons. The summed E-state index contributed by atoms with van der Waals surface area (Å²) in [6.45, 7) is 10.7. The molecule has 0 aliphatic carbocycles. The van der Waals surface area contributed by atoms with Crippen LogP contribution in [0.2, 0.25) is 0 Å². The molecular formula is C47H56BrF2N8O6PS3. The molecule has 364 valence electrons. The normalized spacial score (nSPS) is 16.3. The van der Waals surface area contributed by atoms with Gasteiger partial charge in [-0.25, -0.2) is 13.8 Å². The summed E-state index contributed by atoms with van der Waals surface area (Å²) < 4.78 is 38.5. The number of halogens is 3. The Morgan fingerprint density at radius 1 is 0.882 bits per heavy atom. The molecule has 2 aliphatic heterocycles. The first-order chi connectivity index (χ1) is 32.7. The summed E-state index contributed by atoms with van der Waals surface area (Å²) in [6.07, 6.45) is 4.96. The zero-order chi connectivity index (χ0) is 49.2. The molecule has 4 aromatic carbocycles. The molecular weight excluding hydrogens is 1020 g/mol. The van der Waals surface area contributed by atoms with Gasteiger partial charge in [0, 0.05) is 41.1 Å². The standard InChI is InChI=1S/C23H25FN4O3S.C16H25N4OPS2.C8H6BrFO2/c1-2-28-11-3-4-17(13-28)31-16-8-6-15(7-9-16)26-23-27-22(25)21(32-23)20(30)14-5-10-19(29)18(24)12-14;1-2-20-9-3-4-14(10-20)21-13-7-5-12(6-8-13)18-16(23)19-15(17)24-11-22;9-4-8(12)5-1-2-7(11)6(10)3-5/h5-10,12,17,29H,2-4,11,13,25H2,1H3,(H,26,27);5-8,14H,2-4,9-11,22H2,1H3,(H3,17,18,19,23);1-3,11H,4H2. The number of hydrogen-bond donors (Lipinski definition) is 6. The van der Waals surface area contributed by atoms with E-state index in [0.29, 0.717) is 15.4 Å². The summed E-state index contributed by atoms with van der Waals surface area (Å²) in [7, 11) is 2.58. The number of alkyl halides is 1. The van der Waals surface area contributed by atoms with Crippen molar-refractivity contribution < 1.29 is 38.1 Å². The molecule has 7 rings (SSSR count). The number of phenols is 2. The van der Waals surface area contributed by atoms with Crippen LogP contribution >= 0.6 is 60.5 Å². The predicted octanol–water partition coefficient (Wildman–Crippen LogP) is 9.64. The number of thiazole rings is 1. The number of likely N-dealkylation sites (tertiary alicyclic amines) is 2. The van der Waals surface area contributed by atoms with Crippen molar-refractivity contribution in [2.75, 3.05) is 66.5 Å². The molecule has 0 amide bonds. The number of aromatic hydroxyl groups is 2. The largest absolute Gasteiger partial charge is 0.505 e. The lowest BCUT2D eigenvalue weighted by molar-refractivity contribution is 0.0919. The minimum absolute atomic E-state index is 0.0636. The summed E-state index contributed by atoms with van der Waals surface area (Å²) >= 11 is 10.7. The van der Waals surface area contributed by atoms with E-state index in [1.807, 2.05) is 48.5 Å². The van der Waals surface area contributed by atoms with Gasteiger partial charge in [-0.15, -0.1) is 9.24 Å². The number of rotatable bonds is 14. The highest BCUT2D eigenvalue weighted by Crippen LogP contribution is 2.32. The van der Waals surface area contributed by atoms with Gasteiger partial charge in [0.25, 0.3) is 0 Å². The molecule has 21 heteroatoms. The van der Waals surface area contributed by atoms with Crippen molar-refractivity contribution in [3.63, 3.8) is 0 Å². The number of ether oxygens (including phenoxy) is 2. The van der Waals surface area contributed by atoms with E-state index in [2.05, 4.69) is 69.4 Å². The summed E-state index contributed by atoms with van der Waals surface area (Å²) in [5, 5.41) is 25.7. The van der Waals surface area contributed by atoms with Gasteiger partial charge in [0.1, 0.15) is 34.4 Å². The summed E-state index contributed by atoms with van der Waals surface area (Å²) in [5.74, 6) is -1.51. The number of nitrogens with zero attached hydrogens (tertiary/aromatic N) is 4. The van der Waals surface area contributed by atoms with Crippen molar-refractivity contribution >= 4 is 105 Å². The number of aliphatic imine (C=N–C) groups is 1. The van der Waals surface area contributed by atoms with E-state index in [1.54, 1.807) is 0 Å². The predicted molar refractivity (Wildman–Crippen MR) is 282 cm³/mol. The lowest BCUT2D eigenvalue weighted by Gasteiger charge is -2.32. The molecule has 8 N–H and O–H groups in total. The second-order valence-corrected chi connectivity index (χ2v) is 19.4. The fraction of sp³-hybridized carbons (Fsp3) is 0.340. The maximum atomic E-state index is 13.6. The number of anilines is 4. The number of nitrogens with two attached hydrogens (primary N) is 2. The molecule has 2 fully saturated rings. The molecule has 5 aromatic rings. The Kier molecular flexibility index (Phi) is 21.7. The van der Waals surface area contributed by atoms with Gasteiger partial charge in [-0.3, -0.25) is 19.4 Å². The van der Waals surface area contributed by atoms with Crippen LogP contribution in [0.15, 0.2) is 89.9 Å². The lowest BCUT2D eigenvalue weighted by atomic mass is 10.1. The molecule has 0 spiro atoms. The maximum absolute atomic E-state index is 13.6. The maximum Gasteiger partial charge on any atom is 0.206 e. The average Bonchev–Trinajstić information content (AvgIpc) is 3.71. The third-order valence-electron chi connectivity index (χ3n) is 10.5. The van der Waals surface area contributed by atoms with E-state index in [1.165, 1.54) is 36.9 Å². The first kappa shape index (κ1) is 54.0. The van der Waals surface area contributed by atoms with Gasteiger partial charge in [0.15, 0.2) is 44.3 Å². The third kappa shape index (κ3) is 16.9. The Hall–Kier alpha value is -4.95. The Morgan fingerprint density at radius 3 is 1.90 bits per heavy atom. The lowest BCUT2D eigenvalue weighted by Crippen LogP contribution is -2.40. The van der Waals surface area contributed by atoms with Crippen molar-refractivity contribution in [2.24, 2.45) is 10.7 Å². The molecule has 1 aromatic heterocycles. The van der Waals surface area contributed by atoms with Crippen molar-refractivity contribution in [2.45, 2.75) is 51.7 Å². The number of aromatic nitrogens is 1. The van der Waals surface area contributed by atoms with Gasteiger partial charge < -0.3 is 41.8 Å². The zero-order valence-corrected chi connectivity index (χ0v) is 42.8. The van der Waals surface area contributed by atoms with E-state index in [9.17, 15) is 23.5 Å². The first-order valence-corrected chi connectivity index (χ1v) is 25.9. The van der Waals surface area contributed by atoms with Crippen LogP contribution in [0.5, 0.6) is 23.0 Å². The van der Waals surface area contributed by atoms with Crippen LogP contribution in [0.3, 0.4) is 0 Å². The molecule has 3 heterocycles. The summed E-state index contributed by atoms with van der Waals surface area (Å²) in [6, 6.07) is 22.4. The number of nitrogens with one attached hydrogen (secondary N) is 2. The van der Waals surface area contributed by atoms with Gasteiger partial charge in [-0.2, -0.15) is 4.99 Å². The molecule has 0 saturated carbocycles. The van der Waals surface area contributed by atoms with Gasteiger partial charge in [-0.05, 0) is 149 Å². The third-order valence-corrected chi connectivity index (χ3v) is 13.3. The minimum Gasteiger partial charge on any atom is -0.505 e. The van der Waals surface area contributed by atoms with Crippen molar-refractivity contribution in [3.8, 4) is 23.0 Å². The van der Waals surface area contributed by atoms with E-state index >= 15 is 0 Å². The number of likely N-dealkylation sites (N-methyl/N-ethyl adjacent to an activating group) is 2. The number of Topliss-reactive ketones (excluding diaryl/α,β-unsaturated/α-hetero) is 1. The molecule has 0 bridgehead atoms. The van der Waals surface area contributed by atoms with E-state index in [-0.39, 0.29) is 45.1 Å². The molecule has 14 nitrogen and oxygen atoms in total. The number of carbonyl (C=O) groups excluding carboxylic acids is 2. The Balaban J connectivity index is 0.000000211. The molecule has 68 heavy (non-hydrogen) atoms. The number of thioether (sulfide) groups is 1. The second kappa shape index (κ2) is 27.3. The van der Waals surface area contributed by atoms with Gasteiger partial charge in [0.2, 0.25) is 5.78 Å². The first-order valence-electron chi connectivity index (χ1n) is 21.8. The number of ketones is 2. The van der Waals surface area contributed by atoms with Crippen LogP contribution in [0, 0.1) is 11.6 Å². The number of benzene rings is 4.